The zero-order chi connectivity index (χ0) is 18.9. The van der Waals surface area contributed by atoms with Crippen molar-refractivity contribution in [3.8, 4) is 0 Å². The molecular weight excluding hydrogens is 318 g/mol. The third kappa shape index (κ3) is 3.94. The third-order valence-corrected chi connectivity index (χ3v) is 4.44. The monoisotopic (exact) mass is 347 g/mol. The van der Waals surface area contributed by atoms with Crippen LogP contribution in [0.4, 0.5) is 0 Å². The zero-order valence-corrected chi connectivity index (χ0v) is 16.1. The number of carbonyl (C=O) groups excluding carboxylic acids is 2. The number of aromatic nitrogens is 1. The summed E-state index contributed by atoms with van der Waals surface area (Å²) in [5, 5.41) is 0. The second kappa shape index (κ2) is 7.02. The van der Waals surface area contributed by atoms with Crippen molar-refractivity contribution >= 4 is 11.8 Å². The van der Waals surface area contributed by atoms with Gasteiger partial charge in [0.1, 0.15) is 12.1 Å². The highest BCUT2D eigenvalue weighted by Crippen LogP contribution is 2.25. The Morgan fingerprint density at radius 3 is 2.36 bits per heavy atom. The minimum atomic E-state index is -0.467. The summed E-state index contributed by atoms with van der Waals surface area (Å²) in [5.41, 5.74) is -0.632. The molecule has 1 aromatic heterocycles. The van der Waals surface area contributed by atoms with E-state index in [1.807, 2.05) is 46.4 Å². The van der Waals surface area contributed by atoms with Gasteiger partial charge in [0.2, 0.25) is 5.91 Å². The van der Waals surface area contributed by atoms with Gasteiger partial charge in [-0.15, -0.1) is 0 Å². The standard InChI is InChI=1S/C19H29N3O3/c1-13(2)10-20-9-7-8-15(17(20)24)18(25)21-11-16(23)22(14(3)4)19(5,6)12-21/h7-9,13-14H,10-12H2,1-6H3. The summed E-state index contributed by atoms with van der Waals surface area (Å²) in [7, 11) is 0. The quantitative estimate of drug-likeness (QED) is 0.837. The average molecular weight is 347 g/mol. The summed E-state index contributed by atoms with van der Waals surface area (Å²) in [6, 6.07) is 3.34. The van der Waals surface area contributed by atoms with E-state index in [-0.39, 0.29) is 35.5 Å². The molecule has 2 amide bonds. The molecule has 1 aliphatic rings. The number of carbonyl (C=O) groups is 2. The highest BCUT2D eigenvalue weighted by atomic mass is 16.2. The first-order valence-corrected chi connectivity index (χ1v) is 8.85. The number of pyridine rings is 1. The Kier molecular flexibility index (Phi) is 5.40. The molecule has 138 valence electrons. The maximum Gasteiger partial charge on any atom is 0.263 e. The number of nitrogens with zero attached hydrogens (tertiary/aromatic N) is 3. The molecule has 0 atom stereocenters. The lowest BCUT2D eigenvalue weighted by atomic mass is 9.96. The van der Waals surface area contributed by atoms with Gasteiger partial charge in [-0.2, -0.15) is 0 Å². The second-order valence-corrected chi connectivity index (χ2v) is 8.10. The molecule has 2 heterocycles. The molecule has 1 aromatic rings. The van der Waals surface area contributed by atoms with Crippen LogP contribution in [0, 0.1) is 5.92 Å². The van der Waals surface area contributed by atoms with Gasteiger partial charge in [-0.3, -0.25) is 14.4 Å². The minimum absolute atomic E-state index is 0.0129. The first-order chi connectivity index (χ1) is 11.5. The Labute approximate surface area is 149 Å². The van der Waals surface area contributed by atoms with Gasteiger partial charge in [-0.05, 0) is 45.7 Å². The Morgan fingerprint density at radius 2 is 1.84 bits per heavy atom. The van der Waals surface area contributed by atoms with Crippen molar-refractivity contribution in [2.24, 2.45) is 5.92 Å². The fraction of sp³-hybridized carbons (Fsp3) is 0.632. The van der Waals surface area contributed by atoms with E-state index in [1.54, 1.807) is 22.9 Å². The molecule has 6 heteroatoms. The van der Waals surface area contributed by atoms with E-state index in [2.05, 4.69) is 0 Å². The number of rotatable bonds is 4. The third-order valence-electron chi connectivity index (χ3n) is 4.44. The number of hydrogen-bond donors (Lipinski definition) is 0. The molecule has 1 saturated heterocycles. The van der Waals surface area contributed by atoms with E-state index in [9.17, 15) is 14.4 Å². The predicted octanol–water partition coefficient (Wildman–Crippen LogP) is 1.98. The molecule has 1 fully saturated rings. The summed E-state index contributed by atoms with van der Waals surface area (Å²) in [4.78, 5) is 41.4. The summed E-state index contributed by atoms with van der Waals surface area (Å²) < 4.78 is 1.56. The Morgan fingerprint density at radius 1 is 1.20 bits per heavy atom. The minimum Gasteiger partial charge on any atom is -0.332 e. The molecule has 25 heavy (non-hydrogen) atoms. The van der Waals surface area contributed by atoms with Gasteiger partial charge < -0.3 is 14.4 Å². The lowest BCUT2D eigenvalue weighted by Crippen LogP contribution is -2.65. The highest BCUT2D eigenvalue weighted by Gasteiger charge is 2.41. The average Bonchev–Trinajstić information content (AvgIpc) is 2.46. The smallest absolute Gasteiger partial charge is 0.263 e. The van der Waals surface area contributed by atoms with Gasteiger partial charge in [0.15, 0.2) is 0 Å². The summed E-state index contributed by atoms with van der Waals surface area (Å²) in [6.45, 7) is 12.9. The van der Waals surface area contributed by atoms with E-state index >= 15 is 0 Å². The molecule has 0 radical (unpaired) electrons. The molecule has 0 N–H and O–H groups in total. The molecule has 0 aliphatic carbocycles. The van der Waals surface area contributed by atoms with Gasteiger partial charge in [0, 0.05) is 25.3 Å². The van der Waals surface area contributed by atoms with E-state index in [0.29, 0.717) is 19.0 Å². The molecule has 2 rings (SSSR count). The van der Waals surface area contributed by atoms with Gasteiger partial charge in [-0.25, -0.2) is 0 Å². The van der Waals surface area contributed by atoms with Crippen molar-refractivity contribution in [1.82, 2.24) is 14.4 Å². The largest absolute Gasteiger partial charge is 0.332 e. The van der Waals surface area contributed by atoms with Crippen molar-refractivity contribution in [2.45, 2.75) is 59.7 Å². The number of amides is 2. The van der Waals surface area contributed by atoms with Crippen molar-refractivity contribution < 1.29 is 9.59 Å². The lowest BCUT2D eigenvalue weighted by Gasteiger charge is -2.48. The maximum atomic E-state index is 12.9. The molecule has 0 aromatic carbocycles. The number of hydrogen-bond acceptors (Lipinski definition) is 3. The summed E-state index contributed by atoms with van der Waals surface area (Å²) in [6.07, 6.45) is 1.70. The topological polar surface area (TPSA) is 62.6 Å². The van der Waals surface area contributed by atoms with Crippen molar-refractivity contribution in [3.63, 3.8) is 0 Å². The maximum absolute atomic E-state index is 12.9. The number of piperazine rings is 1. The SMILES string of the molecule is CC(C)Cn1cccc(C(=O)N2CC(=O)N(C(C)C)C(C)(C)C2)c1=O. The molecular formula is C19H29N3O3. The fourth-order valence-corrected chi connectivity index (χ4v) is 3.71. The normalized spacial score (nSPS) is 17.5. The van der Waals surface area contributed by atoms with Crippen LogP contribution in [0.1, 0.15) is 51.9 Å². The molecule has 0 spiro atoms. The van der Waals surface area contributed by atoms with Crippen molar-refractivity contribution in [3.05, 3.63) is 34.2 Å². The first-order valence-electron chi connectivity index (χ1n) is 8.85. The van der Waals surface area contributed by atoms with Crippen LogP contribution in [0.25, 0.3) is 0 Å². The van der Waals surface area contributed by atoms with E-state index in [4.69, 9.17) is 0 Å². The Balaban J connectivity index is 2.31. The van der Waals surface area contributed by atoms with Crippen LogP contribution in [0.2, 0.25) is 0 Å². The van der Waals surface area contributed by atoms with Crippen LogP contribution in [-0.2, 0) is 11.3 Å². The van der Waals surface area contributed by atoms with Crippen LogP contribution < -0.4 is 5.56 Å². The van der Waals surface area contributed by atoms with Crippen molar-refractivity contribution in [1.29, 1.82) is 0 Å². The molecule has 0 saturated carbocycles. The molecule has 0 unspecified atom stereocenters. The predicted molar refractivity (Wildman–Crippen MR) is 97.5 cm³/mol. The van der Waals surface area contributed by atoms with E-state index in [0.717, 1.165) is 0 Å². The van der Waals surface area contributed by atoms with Crippen molar-refractivity contribution in [2.75, 3.05) is 13.1 Å². The fourth-order valence-electron chi connectivity index (χ4n) is 3.71. The summed E-state index contributed by atoms with van der Waals surface area (Å²) >= 11 is 0. The lowest BCUT2D eigenvalue weighted by molar-refractivity contribution is -0.146. The Hall–Kier alpha value is -2.11. The van der Waals surface area contributed by atoms with Crippen LogP contribution in [0.3, 0.4) is 0 Å². The van der Waals surface area contributed by atoms with Gasteiger partial charge in [0.05, 0.1) is 5.54 Å². The summed E-state index contributed by atoms with van der Waals surface area (Å²) in [5.74, 6) is -0.149. The molecule has 6 nitrogen and oxygen atoms in total. The highest BCUT2D eigenvalue weighted by molar-refractivity contribution is 5.97. The second-order valence-electron chi connectivity index (χ2n) is 8.10. The Bertz CT molecular complexity index is 719. The van der Waals surface area contributed by atoms with Crippen LogP contribution in [0.5, 0.6) is 0 Å². The molecule has 0 bridgehead atoms. The van der Waals surface area contributed by atoms with E-state index in [1.165, 1.54) is 4.90 Å². The van der Waals surface area contributed by atoms with Gasteiger partial charge in [-0.1, -0.05) is 13.8 Å². The molecule has 1 aliphatic heterocycles. The van der Waals surface area contributed by atoms with Gasteiger partial charge in [0.25, 0.3) is 11.5 Å². The zero-order valence-electron chi connectivity index (χ0n) is 16.1. The van der Waals surface area contributed by atoms with Crippen LogP contribution >= 0.6 is 0 Å². The van der Waals surface area contributed by atoms with Gasteiger partial charge >= 0.3 is 0 Å². The first kappa shape index (κ1) is 19.2. The van der Waals surface area contributed by atoms with Crippen LogP contribution in [-0.4, -0.2) is 50.9 Å². The van der Waals surface area contributed by atoms with Crippen LogP contribution in [0.15, 0.2) is 23.1 Å². The van der Waals surface area contributed by atoms with E-state index < -0.39 is 5.54 Å².